The SMILES string of the molecule is c1ccc(-c2nc(-c3ccc4c(c3)oc3ccccc34)nc(-c3cccc4oc5ccc(-c6ccc7c(c6)c6ccc(-c8cccc9c8sc8ccccc89)cc6n7-c6ccccc6)cc5c34)n2)cc1. The smallest absolute Gasteiger partial charge is 0.164 e. The highest BCUT2D eigenvalue weighted by Gasteiger charge is 2.21. The van der Waals surface area contributed by atoms with Gasteiger partial charge in [0.15, 0.2) is 17.5 Å². The number of hydrogen-bond donors (Lipinski definition) is 0. The van der Waals surface area contributed by atoms with E-state index in [0.717, 1.165) is 82.9 Å². The summed E-state index contributed by atoms with van der Waals surface area (Å²) >= 11 is 1.87. The molecule has 0 bridgehead atoms. The lowest BCUT2D eigenvalue weighted by atomic mass is 9.98. The number of hydrogen-bond acceptors (Lipinski definition) is 6. The van der Waals surface area contributed by atoms with Crippen molar-refractivity contribution in [1.29, 1.82) is 0 Å². The fraction of sp³-hybridized carbons (Fsp3) is 0. The Morgan fingerprint density at radius 1 is 0.329 bits per heavy atom. The van der Waals surface area contributed by atoms with Crippen LogP contribution in [0.15, 0.2) is 227 Å². The number of rotatable bonds is 6. The predicted octanol–water partition coefficient (Wildman–Crippen LogP) is 17.5. The molecule has 0 unspecified atom stereocenters. The Bertz CT molecular complexity index is 4600. The summed E-state index contributed by atoms with van der Waals surface area (Å²) in [5, 5.41) is 9.06. The first kappa shape index (κ1) is 38.9. The highest BCUT2D eigenvalue weighted by molar-refractivity contribution is 7.26. The molecule has 0 aliphatic heterocycles. The van der Waals surface area contributed by atoms with E-state index in [1.807, 2.05) is 78.1 Å². The topological polar surface area (TPSA) is 69.9 Å². The maximum Gasteiger partial charge on any atom is 0.164 e. The Labute approximate surface area is 404 Å². The van der Waals surface area contributed by atoms with E-state index < -0.39 is 0 Å². The molecule has 0 aliphatic carbocycles. The van der Waals surface area contributed by atoms with Gasteiger partial charge < -0.3 is 13.4 Å². The molecule has 0 atom stereocenters. The van der Waals surface area contributed by atoms with Gasteiger partial charge in [-0.05, 0) is 95.1 Å². The van der Waals surface area contributed by atoms with Gasteiger partial charge >= 0.3 is 0 Å². The summed E-state index contributed by atoms with van der Waals surface area (Å²) in [6.07, 6.45) is 0. The zero-order valence-electron chi connectivity index (χ0n) is 37.3. The van der Waals surface area contributed by atoms with Crippen molar-refractivity contribution in [2.24, 2.45) is 0 Å². The highest BCUT2D eigenvalue weighted by Crippen LogP contribution is 2.44. The molecule has 6 nitrogen and oxygen atoms in total. The summed E-state index contributed by atoms with van der Waals surface area (Å²) in [5.74, 6) is 1.71. The van der Waals surface area contributed by atoms with Crippen LogP contribution in [0.5, 0.6) is 0 Å². The molecule has 0 saturated heterocycles. The average molecular weight is 913 g/mol. The number of fused-ring (bicyclic) bond motifs is 12. The largest absolute Gasteiger partial charge is 0.456 e. The molecule has 7 heteroatoms. The molecule has 0 amide bonds. The van der Waals surface area contributed by atoms with Gasteiger partial charge in [0, 0.05) is 74.9 Å². The Morgan fingerprint density at radius 2 is 0.943 bits per heavy atom. The van der Waals surface area contributed by atoms with Crippen molar-refractivity contribution in [2.75, 3.05) is 0 Å². The number of benzene rings is 10. The van der Waals surface area contributed by atoms with Crippen molar-refractivity contribution < 1.29 is 8.83 Å². The Morgan fingerprint density at radius 3 is 1.83 bits per heavy atom. The molecule has 15 aromatic rings. The van der Waals surface area contributed by atoms with Crippen LogP contribution in [0.25, 0.3) is 148 Å². The molecule has 0 fully saturated rings. The van der Waals surface area contributed by atoms with Crippen LogP contribution in [0, 0.1) is 0 Å². The van der Waals surface area contributed by atoms with Gasteiger partial charge in [-0.1, -0.05) is 146 Å². The minimum absolute atomic E-state index is 0.559. The van der Waals surface area contributed by atoms with Gasteiger partial charge in [-0.3, -0.25) is 0 Å². The van der Waals surface area contributed by atoms with Gasteiger partial charge in [-0.2, -0.15) is 0 Å². The van der Waals surface area contributed by atoms with E-state index in [-0.39, 0.29) is 0 Å². The average Bonchev–Trinajstić information content (AvgIpc) is 4.19. The second-order valence-electron chi connectivity index (χ2n) is 17.9. The van der Waals surface area contributed by atoms with Crippen LogP contribution in [0.2, 0.25) is 0 Å². The van der Waals surface area contributed by atoms with Crippen molar-refractivity contribution in [1.82, 2.24) is 19.5 Å². The molecule has 0 saturated carbocycles. The number of furan rings is 2. The van der Waals surface area contributed by atoms with Crippen LogP contribution in [-0.2, 0) is 0 Å². The van der Waals surface area contributed by atoms with Crippen LogP contribution >= 0.6 is 11.3 Å². The van der Waals surface area contributed by atoms with Gasteiger partial charge in [0.05, 0.1) is 11.0 Å². The number of aromatic nitrogens is 4. The van der Waals surface area contributed by atoms with E-state index in [1.54, 1.807) is 0 Å². The normalized spacial score (nSPS) is 12.0. The fourth-order valence-electron chi connectivity index (χ4n) is 10.6. The Hall–Kier alpha value is -9.17. The van der Waals surface area contributed by atoms with Gasteiger partial charge in [-0.15, -0.1) is 11.3 Å². The molecule has 5 aromatic heterocycles. The van der Waals surface area contributed by atoms with Crippen molar-refractivity contribution in [3.05, 3.63) is 218 Å². The number of nitrogens with zero attached hydrogens (tertiary/aromatic N) is 4. The lowest BCUT2D eigenvalue weighted by molar-refractivity contribution is 0.668. The van der Waals surface area contributed by atoms with Crippen LogP contribution in [-0.4, -0.2) is 19.5 Å². The molecular weight excluding hydrogens is 877 g/mol. The maximum absolute atomic E-state index is 6.60. The van der Waals surface area contributed by atoms with Crippen molar-refractivity contribution in [3.63, 3.8) is 0 Å². The lowest BCUT2D eigenvalue weighted by Gasteiger charge is -2.10. The van der Waals surface area contributed by atoms with Gasteiger partial charge in [0.2, 0.25) is 0 Å². The Kier molecular flexibility index (Phi) is 8.43. The van der Waals surface area contributed by atoms with Gasteiger partial charge in [0.25, 0.3) is 0 Å². The van der Waals surface area contributed by atoms with Crippen molar-refractivity contribution in [2.45, 2.75) is 0 Å². The minimum atomic E-state index is 0.559. The third-order valence-corrected chi connectivity index (χ3v) is 15.1. The fourth-order valence-corrected chi connectivity index (χ4v) is 11.8. The predicted molar refractivity (Wildman–Crippen MR) is 289 cm³/mol. The summed E-state index contributed by atoms with van der Waals surface area (Å²) in [5.41, 5.74) is 13.9. The molecule has 10 aromatic carbocycles. The third-order valence-electron chi connectivity index (χ3n) is 13.9. The highest BCUT2D eigenvalue weighted by atomic mass is 32.1. The monoisotopic (exact) mass is 912 g/mol. The number of thiophene rings is 1. The molecule has 0 spiro atoms. The lowest BCUT2D eigenvalue weighted by Crippen LogP contribution is -2.00. The van der Waals surface area contributed by atoms with Gasteiger partial charge in [0.1, 0.15) is 22.3 Å². The molecule has 15 rings (SSSR count). The van der Waals surface area contributed by atoms with E-state index in [9.17, 15) is 0 Å². The molecule has 5 heterocycles. The van der Waals surface area contributed by atoms with E-state index in [4.69, 9.17) is 23.8 Å². The summed E-state index contributed by atoms with van der Waals surface area (Å²) in [4.78, 5) is 15.4. The Balaban J connectivity index is 0.885. The first-order chi connectivity index (χ1) is 34.7. The molecule has 0 radical (unpaired) electrons. The summed E-state index contributed by atoms with van der Waals surface area (Å²) in [6.45, 7) is 0. The number of para-hydroxylation sites is 2. The van der Waals surface area contributed by atoms with E-state index in [0.29, 0.717) is 17.5 Å². The second kappa shape index (κ2) is 15.2. The molecule has 0 aliphatic rings. The standard InChI is InChI=1S/C63H36N4O2S/c1-3-13-37(14-4-1)61-64-62(41-26-30-46-45-17-7-9-22-54(45)69-57(46)36-41)66-63(65-61)49-21-12-23-56-59(49)51-34-39(28-32-55(51)68-56)38-27-31-52-50(33-38)44-29-25-40(35-53(44)67(52)42-15-5-2-6-16-42)43-19-11-20-48-47-18-8-10-24-58(47)70-60(43)48/h1-36H. The molecule has 70 heavy (non-hydrogen) atoms. The van der Waals surface area contributed by atoms with Crippen LogP contribution in [0.3, 0.4) is 0 Å². The first-order valence-electron chi connectivity index (χ1n) is 23.4. The van der Waals surface area contributed by atoms with E-state index >= 15 is 0 Å². The van der Waals surface area contributed by atoms with Crippen LogP contribution < -0.4 is 0 Å². The molecule has 326 valence electrons. The van der Waals surface area contributed by atoms with Crippen molar-refractivity contribution in [3.8, 4) is 62.1 Å². The second-order valence-corrected chi connectivity index (χ2v) is 18.9. The first-order valence-corrected chi connectivity index (χ1v) is 24.2. The summed E-state index contributed by atoms with van der Waals surface area (Å²) < 4.78 is 17.9. The van der Waals surface area contributed by atoms with Crippen LogP contribution in [0.1, 0.15) is 0 Å². The third kappa shape index (κ3) is 6.02. The molecular formula is C63H36N4O2S. The summed E-state index contributed by atoms with van der Waals surface area (Å²) in [7, 11) is 0. The van der Waals surface area contributed by atoms with E-state index in [1.165, 1.54) is 47.6 Å². The zero-order valence-corrected chi connectivity index (χ0v) is 38.1. The van der Waals surface area contributed by atoms with E-state index in [2.05, 4.69) is 156 Å². The minimum Gasteiger partial charge on any atom is -0.456 e. The quantitative estimate of drug-likeness (QED) is 0.166. The van der Waals surface area contributed by atoms with Gasteiger partial charge in [-0.25, -0.2) is 15.0 Å². The molecule has 0 N–H and O–H groups in total. The van der Waals surface area contributed by atoms with Crippen LogP contribution in [0.4, 0.5) is 0 Å². The maximum atomic E-state index is 6.60. The van der Waals surface area contributed by atoms with Crippen molar-refractivity contribution >= 4 is 97.2 Å². The summed E-state index contributed by atoms with van der Waals surface area (Å²) in [6, 6.07) is 77.0. The zero-order chi connectivity index (χ0) is 45.9.